The number of benzene rings is 1. The van der Waals surface area contributed by atoms with E-state index in [1.54, 1.807) is 18.3 Å². The third kappa shape index (κ3) is 3.17. The van der Waals surface area contributed by atoms with Crippen LogP contribution in [0.1, 0.15) is 10.4 Å². The average Bonchev–Trinajstić information content (AvgIpc) is 2.29. The number of hydrogen-bond donors (Lipinski definition) is 1. The number of halogens is 2. The average molecular weight is 359 g/mol. The monoisotopic (exact) mass is 358 g/mol. The lowest BCUT2D eigenvalue weighted by Gasteiger charge is -2.06. The topological polar surface area (TPSA) is 42.0 Å². The Morgan fingerprint density at radius 1 is 1.29 bits per heavy atom. The fourth-order valence-electron chi connectivity index (χ4n) is 1.32. The molecule has 1 heterocycles. The van der Waals surface area contributed by atoms with Gasteiger partial charge >= 0.3 is 0 Å². The first kappa shape index (κ1) is 12.3. The second-order valence-corrected chi connectivity index (χ2v) is 4.91. The number of nitrogens with one attached hydrogen (secondary N) is 1. The summed E-state index contributed by atoms with van der Waals surface area (Å²) in [6.07, 6.45) is 1.55. The molecule has 17 heavy (non-hydrogen) atoms. The Balaban J connectivity index is 2.20. The number of amides is 1. The van der Waals surface area contributed by atoms with Gasteiger partial charge in [0.15, 0.2) is 0 Å². The van der Waals surface area contributed by atoms with Crippen LogP contribution in [0, 0.1) is 3.57 Å². The van der Waals surface area contributed by atoms with Gasteiger partial charge in [-0.1, -0.05) is 17.7 Å². The van der Waals surface area contributed by atoms with Crippen molar-refractivity contribution < 1.29 is 4.79 Å². The molecule has 2 aromatic rings. The van der Waals surface area contributed by atoms with E-state index >= 15 is 0 Å². The first-order valence-electron chi connectivity index (χ1n) is 4.84. The third-order valence-electron chi connectivity index (χ3n) is 2.09. The molecule has 1 aromatic carbocycles. The van der Waals surface area contributed by atoms with Crippen LogP contribution in [0.25, 0.3) is 0 Å². The Labute approximate surface area is 117 Å². The van der Waals surface area contributed by atoms with Crippen molar-refractivity contribution in [1.29, 1.82) is 0 Å². The van der Waals surface area contributed by atoms with Gasteiger partial charge in [0.2, 0.25) is 0 Å². The van der Waals surface area contributed by atoms with Crippen molar-refractivity contribution >= 4 is 45.8 Å². The van der Waals surface area contributed by atoms with Gasteiger partial charge in [0, 0.05) is 15.5 Å². The number of hydrogen-bond acceptors (Lipinski definition) is 2. The molecule has 0 saturated carbocycles. The summed E-state index contributed by atoms with van der Waals surface area (Å²) in [5.41, 5.74) is 1.11. The van der Waals surface area contributed by atoms with Crippen molar-refractivity contribution in [2.45, 2.75) is 0 Å². The van der Waals surface area contributed by atoms with Gasteiger partial charge < -0.3 is 5.32 Å². The molecular formula is C12H8ClIN2O. The molecule has 0 atom stereocenters. The summed E-state index contributed by atoms with van der Waals surface area (Å²) in [5, 5.41) is 2.98. The van der Waals surface area contributed by atoms with Crippen LogP contribution in [0.3, 0.4) is 0 Å². The molecule has 0 aliphatic carbocycles. The molecule has 0 unspecified atom stereocenters. The van der Waals surface area contributed by atoms with Crippen molar-refractivity contribution in [3.8, 4) is 0 Å². The van der Waals surface area contributed by atoms with Crippen molar-refractivity contribution in [3.05, 3.63) is 56.9 Å². The lowest BCUT2D eigenvalue weighted by molar-refractivity contribution is 0.102. The summed E-state index contributed by atoms with van der Waals surface area (Å²) in [7, 11) is 0. The lowest BCUT2D eigenvalue weighted by Crippen LogP contribution is -2.12. The van der Waals surface area contributed by atoms with E-state index in [1.165, 1.54) is 0 Å². The minimum Gasteiger partial charge on any atom is -0.322 e. The highest BCUT2D eigenvalue weighted by Gasteiger charge is 2.10. The number of aromatic nitrogens is 1. The second-order valence-electron chi connectivity index (χ2n) is 3.31. The van der Waals surface area contributed by atoms with Gasteiger partial charge in [-0.3, -0.25) is 4.79 Å². The fraction of sp³-hybridized carbons (Fsp3) is 0. The molecule has 1 amide bonds. The standard InChI is InChI=1S/C12H8ClIN2O/c13-11-10(5-2-6-15-11)12(17)16-9-4-1-3-8(14)7-9/h1-7H,(H,16,17). The quantitative estimate of drug-likeness (QED) is 0.658. The number of pyridine rings is 1. The van der Waals surface area contributed by atoms with E-state index in [1.807, 2.05) is 24.3 Å². The Morgan fingerprint density at radius 2 is 2.12 bits per heavy atom. The molecule has 5 heteroatoms. The number of anilines is 1. The van der Waals surface area contributed by atoms with Gasteiger partial charge in [0.1, 0.15) is 5.15 Å². The van der Waals surface area contributed by atoms with Crippen molar-refractivity contribution in [3.63, 3.8) is 0 Å². The minimum absolute atomic E-state index is 0.204. The first-order chi connectivity index (χ1) is 8.16. The van der Waals surface area contributed by atoms with Crippen LogP contribution in [0.2, 0.25) is 5.15 Å². The van der Waals surface area contributed by atoms with E-state index in [9.17, 15) is 4.79 Å². The summed E-state index contributed by atoms with van der Waals surface area (Å²) < 4.78 is 1.05. The summed E-state index contributed by atoms with van der Waals surface area (Å²) in [6, 6.07) is 10.8. The Bertz CT molecular complexity index is 560. The molecule has 0 aliphatic heterocycles. The van der Waals surface area contributed by atoms with E-state index < -0.39 is 0 Å². The second kappa shape index (κ2) is 5.46. The molecule has 3 nitrogen and oxygen atoms in total. The zero-order chi connectivity index (χ0) is 12.3. The highest BCUT2D eigenvalue weighted by atomic mass is 127. The smallest absolute Gasteiger partial charge is 0.258 e. The third-order valence-corrected chi connectivity index (χ3v) is 3.06. The van der Waals surface area contributed by atoms with Crippen molar-refractivity contribution in [1.82, 2.24) is 4.98 Å². The largest absolute Gasteiger partial charge is 0.322 e. The first-order valence-corrected chi connectivity index (χ1v) is 6.30. The Hall–Kier alpha value is -1.14. The number of carbonyl (C=O) groups excluding carboxylic acids is 1. The Kier molecular flexibility index (Phi) is 3.96. The summed E-state index contributed by atoms with van der Waals surface area (Å²) in [4.78, 5) is 15.8. The van der Waals surface area contributed by atoms with E-state index in [0.717, 1.165) is 9.26 Å². The number of carbonyl (C=O) groups is 1. The maximum Gasteiger partial charge on any atom is 0.258 e. The molecule has 0 saturated heterocycles. The van der Waals surface area contributed by atoms with Gasteiger partial charge in [-0.25, -0.2) is 4.98 Å². The van der Waals surface area contributed by atoms with Crippen LogP contribution < -0.4 is 5.32 Å². The van der Waals surface area contributed by atoms with Crippen LogP contribution in [-0.4, -0.2) is 10.9 Å². The van der Waals surface area contributed by atoms with Crippen LogP contribution in [0.5, 0.6) is 0 Å². The predicted octanol–water partition coefficient (Wildman–Crippen LogP) is 3.59. The highest BCUT2D eigenvalue weighted by Crippen LogP contribution is 2.16. The number of rotatable bonds is 2. The number of nitrogens with zero attached hydrogens (tertiary/aromatic N) is 1. The van der Waals surface area contributed by atoms with Gasteiger partial charge in [-0.2, -0.15) is 0 Å². The molecule has 0 fully saturated rings. The fourth-order valence-corrected chi connectivity index (χ4v) is 2.07. The summed E-state index contributed by atoms with van der Waals surface area (Å²) >= 11 is 8.03. The van der Waals surface area contributed by atoms with Crippen molar-refractivity contribution in [2.24, 2.45) is 0 Å². The van der Waals surface area contributed by atoms with E-state index in [-0.39, 0.29) is 11.1 Å². The van der Waals surface area contributed by atoms with Gasteiger partial charge in [-0.05, 0) is 52.9 Å². The van der Waals surface area contributed by atoms with Gasteiger partial charge in [0.05, 0.1) is 5.56 Å². The molecular weight excluding hydrogens is 351 g/mol. The molecule has 0 spiro atoms. The van der Waals surface area contributed by atoms with Crippen LogP contribution in [0.15, 0.2) is 42.6 Å². The lowest BCUT2D eigenvalue weighted by atomic mass is 10.2. The maximum absolute atomic E-state index is 11.9. The highest BCUT2D eigenvalue weighted by molar-refractivity contribution is 14.1. The molecule has 1 N–H and O–H groups in total. The Morgan fingerprint density at radius 3 is 2.82 bits per heavy atom. The van der Waals surface area contributed by atoms with Crippen LogP contribution in [-0.2, 0) is 0 Å². The minimum atomic E-state index is -0.259. The summed E-state index contributed by atoms with van der Waals surface area (Å²) in [5.74, 6) is -0.259. The predicted molar refractivity (Wildman–Crippen MR) is 76.4 cm³/mol. The molecule has 0 bridgehead atoms. The summed E-state index contributed by atoms with van der Waals surface area (Å²) in [6.45, 7) is 0. The van der Waals surface area contributed by atoms with E-state index in [2.05, 4.69) is 32.9 Å². The normalized spacial score (nSPS) is 10.0. The van der Waals surface area contributed by atoms with Gasteiger partial charge in [-0.15, -0.1) is 0 Å². The van der Waals surface area contributed by atoms with Crippen LogP contribution in [0.4, 0.5) is 5.69 Å². The maximum atomic E-state index is 11.9. The van der Waals surface area contributed by atoms with Crippen LogP contribution >= 0.6 is 34.2 Å². The van der Waals surface area contributed by atoms with Gasteiger partial charge in [0.25, 0.3) is 5.91 Å². The molecule has 1 aromatic heterocycles. The zero-order valence-electron chi connectivity index (χ0n) is 8.65. The zero-order valence-corrected chi connectivity index (χ0v) is 11.6. The van der Waals surface area contributed by atoms with E-state index in [0.29, 0.717) is 5.56 Å². The molecule has 2 rings (SSSR count). The van der Waals surface area contributed by atoms with Crippen molar-refractivity contribution in [2.75, 3.05) is 5.32 Å². The SMILES string of the molecule is O=C(Nc1cccc(I)c1)c1cccnc1Cl. The molecule has 0 radical (unpaired) electrons. The van der Waals surface area contributed by atoms with E-state index in [4.69, 9.17) is 11.6 Å². The molecule has 0 aliphatic rings. The molecule has 86 valence electrons.